The largest absolute Gasteiger partial charge is 0.394 e. The van der Waals surface area contributed by atoms with E-state index in [-0.39, 0.29) is 22.9 Å². The second-order valence-corrected chi connectivity index (χ2v) is 16.3. The van der Waals surface area contributed by atoms with Gasteiger partial charge in [0.05, 0.1) is 24.9 Å². The number of fused-ring (bicyclic) bond motifs is 6. The van der Waals surface area contributed by atoms with Gasteiger partial charge in [-0.05, 0) is 87.4 Å². The summed E-state index contributed by atoms with van der Waals surface area (Å²) in [7, 11) is 0. The van der Waals surface area contributed by atoms with Crippen molar-refractivity contribution in [3.8, 4) is 0 Å². The molecule has 0 spiro atoms. The second kappa shape index (κ2) is 10.7. The lowest BCUT2D eigenvalue weighted by atomic mass is 9.46. The van der Waals surface area contributed by atoms with Gasteiger partial charge in [-0.1, -0.05) is 32.4 Å². The molecule has 7 rings (SSSR count). The van der Waals surface area contributed by atoms with Crippen LogP contribution in [0, 0.1) is 40.4 Å². The van der Waals surface area contributed by atoms with E-state index < -0.39 is 67.0 Å². The van der Waals surface area contributed by atoms with E-state index in [0.29, 0.717) is 36.5 Å². The van der Waals surface area contributed by atoms with Crippen LogP contribution in [0.2, 0.25) is 0 Å². The second-order valence-electron chi connectivity index (χ2n) is 16.3. The van der Waals surface area contributed by atoms with E-state index in [4.69, 9.17) is 18.9 Å². The molecule has 0 aromatic heterocycles. The third-order valence-corrected chi connectivity index (χ3v) is 14.4. The van der Waals surface area contributed by atoms with E-state index in [0.717, 1.165) is 38.5 Å². The van der Waals surface area contributed by atoms with Gasteiger partial charge in [0.25, 0.3) is 0 Å². The van der Waals surface area contributed by atoms with E-state index in [1.165, 1.54) is 5.57 Å². The van der Waals surface area contributed by atoms with E-state index in [9.17, 15) is 30.6 Å². The fourth-order valence-corrected chi connectivity index (χ4v) is 11.3. The predicted molar refractivity (Wildman–Crippen MR) is 158 cm³/mol. The van der Waals surface area contributed by atoms with Crippen LogP contribution in [0.3, 0.4) is 0 Å². The fourth-order valence-electron chi connectivity index (χ4n) is 11.3. The van der Waals surface area contributed by atoms with Crippen molar-refractivity contribution in [2.24, 2.45) is 40.4 Å². The van der Waals surface area contributed by atoms with Gasteiger partial charge in [-0.2, -0.15) is 0 Å². The van der Waals surface area contributed by atoms with Gasteiger partial charge in [-0.15, -0.1) is 0 Å². The standard InChI is InChI=1S/C34H54O10/c1-16(23-14-32(3)34(5,44-32)30(42-23)43-29-28(40)27(39)26(38)24(15-35)41-29)20-8-9-21-19-7-6-17-12-18(36)13-25(37)33(17,4)22(19)10-11-31(20,21)2/h6,16,18-30,35-40H,7-15H2,1-5H3/t16-,18+,19-,20+,21-,22-,23+,24+,25-,26+,27-,28+,29-,30-,31-,32-,33-,34+/m0/s1. The van der Waals surface area contributed by atoms with Crippen molar-refractivity contribution in [1.82, 2.24) is 0 Å². The van der Waals surface area contributed by atoms with Gasteiger partial charge in [0, 0.05) is 18.3 Å². The third-order valence-electron chi connectivity index (χ3n) is 14.4. The van der Waals surface area contributed by atoms with Crippen molar-refractivity contribution >= 4 is 0 Å². The Morgan fingerprint density at radius 2 is 1.70 bits per heavy atom. The molecule has 44 heavy (non-hydrogen) atoms. The van der Waals surface area contributed by atoms with Crippen LogP contribution in [-0.2, 0) is 18.9 Å². The summed E-state index contributed by atoms with van der Waals surface area (Å²) < 4.78 is 24.8. The first-order chi connectivity index (χ1) is 20.7. The van der Waals surface area contributed by atoms with Gasteiger partial charge in [0.2, 0.25) is 0 Å². The molecule has 3 saturated heterocycles. The molecule has 0 amide bonds. The summed E-state index contributed by atoms with van der Waals surface area (Å²) >= 11 is 0. The van der Waals surface area contributed by atoms with Crippen LogP contribution in [0.4, 0.5) is 0 Å². The summed E-state index contributed by atoms with van der Waals surface area (Å²) in [6, 6.07) is 0. The molecule has 3 saturated carbocycles. The molecule has 0 bridgehead atoms. The Hall–Kier alpha value is -0.660. The Morgan fingerprint density at radius 1 is 0.955 bits per heavy atom. The zero-order valence-corrected chi connectivity index (χ0v) is 26.8. The van der Waals surface area contributed by atoms with Crippen LogP contribution < -0.4 is 0 Å². The SMILES string of the molecule is C[C@@H]([C@H]1CC[C@H]2[C@@H]3CC=C4C[C@@H](O)C[C@H](O)[C@]4(C)[C@H]3CC[C@@]12C)[C@H]1C[C@]2(C)O[C@]2(C)[C@H](O[C@@H]2O[C@H](CO)[C@@H](O)[C@H](O)[C@H]2O)O1. The molecule has 0 aromatic rings. The lowest BCUT2D eigenvalue weighted by Crippen LogP contribution is -2.61. The molecule has 250 valence electrons. The maximum absolute atomic E-state index is 11.3. The summed E-state index contributed by atoms with van der Waals surface area (Å²) in [5.74, 6) is 2.17. The van der Waals surface area contributed by atoms with Gasteiger partial charge in [0.15, 0.2) is 12.6 Å². The van der Waals surface area contributed by atoms with Crippen molar-refractivity contribution in [2.45, 2.75) is 152 Å². The molecule has 4 aliphatic carbocycles. The minimum absolute atomic E-state index is 0.143. The van der Waals surface area contributed by atoms with Gasteiger partial charge in [-0.3, -0.25) is 0 Å². The zero-order valence-electron chi connectivity index (χ0n) is 26.8. The number of hydrogen-bond donors (Lipinski definition) is 6. The number of allylic oxidation sites excluding steroid dienone is 1. The van der Waals surface area contributed by atoms with Crippen molar-refractivity contribution in [3.05, 3.63) is 11.6 Å². The lowest BCUT2D eigenvalue weighted by molar-refractivity contribution is -0.355. The molecular weight excluding hydrogens is 568 g/mol. The fraction of sp³-hybridized carbons (Fsp3) is 0.941. The van der Waals surface area contributed by atoms with Crippen molar-refractivity contribution < 1.29 is 49.6 Å². The van der Waals surface area contributed by atoms with Gasteiger partial charge in [0.1, 0.15) is 35.6 Å². The van der Waals surface area contributed by atoms with Crippen LogP contribution in [-0.4, -0.2) is 104 Å². The highest BCUT2D eigenvalue weighted by atomic mass is 16.8. The predicted octanol–water partition coefficient (Wildman–Crippen LogP) is 2.01. The Balaban J connectivity index is 1.09. The number of aliphatic hydroxyl groups excluding tert-OH is 6. The van der Waals surface area contributed by atoms with E-state index >= 15 is 0 Å². The first-order valence-electron chi connectivity index (χ1n) is 17.0. The normalized spacial score (nSPS) is 59.1. The summed E-state index contributed by atoms with van der Waals surface area (Å²) in [6.45, 7) is 10.5. The highest BCUT2D eigenvalue weighted by molar-refractivity contribution is 5.28. The first kappa shape index (κ1) is 31.9. The molecule has 6 N–H and O–H groups in total. The molecular formula is C34H54O10. The van der Waals surface area contributed by atoms with Crippen LogP contribution >= 0.6 is 0 Å². The quantitative estimate of drug-likeness (QED) is 0.198. The first-order valence-corrected chi connectivity index (χ1v) is 17.0. The van der Waals surface area contributed by atoms with Crippen LogP contribution in [0.5, 0.6) is 0 Å². The molecule has 6 fully saturated rings. The van der Waals surface area contributed by atoms with E-state index in [2.05, 4.69) is 33.8 Å². The molecule has 0 unspecified atom stereocenters. The molecule has 3 aliphatic heterocycles. The molecule has 0 aromatic carbocycles. The molecule has 10 heteroatoms. The Morgan fingerprint density at radius 3 is 2.43 bits per heavy atom. The maximum Gasteiger partial charge on any atom is 0.192 e. The average Bonchev–Trinajstić information content (AvgIpc) is 3.38. The number of aliphatic hydroxyl groups is 6. The van der Waals surface area contributed by atoms with Crippen LogP contribution in [0.25, 0.3) is 0 Å². The van der Waals surface area contributed by atoms with Gasteiger partial charge >= 0.3 is 0 Å². The van der Waals surface area contributed by atoms with Crippen LogP contribution in [0.15, 0.2) is 11.6 Å². The zero-order chi connectivity index (χ0) is 31.6. The summed E-state index contributed by atoms with van der Waals surface area (Å²) in [5.41, 5.74) is -0.0710. The molecule has 7 aliphatic rings. The molecule has 10 nitrogen and oxygen atoms in total. The topological polar surface area (TPSA) is 162 Å². The Bertz CT molecular complexity index is 1150. The number of epoxide rings is 1. The van der Waals surface area contributed by atoms with Crippen molar-refractivity contribution in [2.75, 3.05) is 6.61 Å². The van der Waals surface area contributed by atoms with E-state index in [1.54, 1.807) is 0 Å². The smallest absolute Gasteiger partial charge is 0.192 e. The molecule has 18 atom stereocenters. The van der Waals surface area contributed by atoms with E-state index in [1.807, 2.05) is 6.92 Å². The highest BCUT2D eigenvalue weighted by Gasteiger charge is 2.74. The lowest BCUT2D eigenvalue weighted by Gasteiger charge is -2.59. The average molecular weight is 623 g/mol. The minimum Gasteiger partial charge on any atom is -0.394 e. The van der Waals surface area contributed by atoms with Gasteiger partial charge < -0.3 is 49.6 Å². The van der Waals surface area contributed by atoms with Gasteiger partial charge in [-0.25, -0.2) is 0 Å². The summed E-state index contributed by atoms with van der Waals surface area (Å²) in [5, 5.41) is 62.5. The highest BCUT2D eigenvalue weighted by Crippen LogP contribution is 2.68. The Labute approximate surface area is 260 Å². The summed E-state index contributed by atoms with van der Waals surface area (Å²) in [6.07, 6.45) is 0.899. The van der Waals surface area contributed by atoms with Crippen LogP contribution in [0.1, 0.15) is 86.0 Å². The minimum atomic E-state index is -1.53. The number of rotatable bonds is 5. The maximum atomic E-state index is 11.3. The Kier molecular flexibility index (Phi) is 7.74. The van der Waals surface area contributed by atoms with Crippen molar-refractivity contribution in [1.29, 1.82) is 0 Å². The molecule has 3 heterocycles. The van der Waals surface area contributed by atoms with Crippen molar-refractivity contribution in [3.63, 3.8) is 0 Å². The number of ether oxygens (including phenoxy) is 4. The number of hydrogen-bond acceptors (Lipinski definition) is 10. The molecule has 0 radical (unpaired) electrons. The monoisotopic (exact) mass is 622 g/mol. The summed E-state index contributed by atoms with van der Waals surface area (Å²) in [4.78, 5) is 0. The third kappa shape index (κ3) is 4.42.